The molecule has 1 heterocycles. The summed E-state index contributed by atoms with van der Waals surface area (Å²) in [5, 5.41) is 2.59. The Labute approximate surface area is 149 Å². The van der Waals surface area contributed by atoms with Crippen molar-refractivity contribution in [1.82, 2.24) is 4.90 Å². The number of rotatable bonds is 6. The van der Waals surface area contributed by atoms with Gasteiger partial charge in [0.1, 0.15) is 5.75 Å². The lowest BCUT2D eigenvalue weighted by atomic mass is 10.1. The number of alkyl halides is 3. The first-order valence-corrected chi connectivity index (χ1v) is 8.48. The molecule has 1 atom stereocenters. The van der Waals surface area contributed by atoms with Crippen LogP contribution < -0.4 is 15.0 Å². The maximum Gasteiger partial charge on any atom is 0.573 e. The summed E-state index contributed by atoms with van der Waals surface area (Å²) >= 11 is 0. The van der Waals surface area contributed by atoms with Crippen LogP contribution in [-0.4, -0.2) is 56.3 Å². The first-order valence-electron chi connectivity index (χ1n) is 8.48. The summed E-state index contributed by atoms with van der Waals surface area (Å²) < 4.78 is 40.1. The van der Waals surface area contributed by atoms with E-state index in [0.29, 0.717) is 5.69 Å². The molecule has 1 aliphatic heterocycles. The zero-order valence-electron chi connectivity index (χ0n) is 14.6. The quantitative estimate of drug-likeness (QED) is 0.783. The molecule has 0 aromatic heterocycles. The lowest BCUT2D eigenvalue weighted by Crippen LogP contribution is -3.11. The first kappa shape index (κ1) is 20.0. The summed E-state index contributed by atoms with van der Waals surface area (Å²) in [5.74, 6) is -0.646. The molecule has 2 N–H and O–H groups in total. The molecule has 0 bridgehead atoms. The van der Waals surface area contributed by atoms with Crippen LogP contribution in [0.25, 0.3) is 0 Å². The maximum absolute atomic E-state index is 12.2. The zero-order valence-corrected chi connectivity index (χ0v) is 14.6. The molecule has 0 spiro atoms. The van der Waals surface area contributed by atoms with Crippen molar-refractivity contribution < 1.29 is 32.4 Å². The number of nitrogens with zero attached hydrogens (tertiary/aromatic N) is 1. The van der Waals surface area contributed by atoms with Gasteiger partial charge in [-0.2, -0.15) is 0 Å². The Morgan fingerprint density at radius 2 is 1.73 bits per heavy atom. The van der Waals surface area contributed by atoms with E-state index in [4.69, 9.17) is 0 Å². The second kappa shape index (κ2) is 8.88. The fourth-order valence-corrected chi connectivity index (χ4v) is 2.79. The maximum atomic E-state index is 12.2. The molecule has 1 aromatic carbocycles. The topological polar surface area (TPSA) is 63.1 Å². The van der Waals surface area contributed by atoms with Crippen LogP contribution in [0.15, 0.2) is 24.3 Å². The van der Waals surface area contributed by atoms with E-state index in [-0.39, 0.29) is 30.7 Å². The highest BCUT2D eigenvalue weighted by molar-refractivity contribution is 5.91. The highest BCUT2D eigenvalue weighted by Gasteiger charge is 2.31. The summed E-state index contributed by atoms with van der Waals surface area (Å²) in [5.41, 5.74) is 0.361. The van der Waals surface area contributed by atoms with Gasteiger partial charge < -0.3 is 19.9 Å². The molecular formula is C17H23F3N3O3+. The van der Waals surface area contributed by atoms with Gasteiger partial charge in [0.2, 0.25) is 0 Å². The van der Waals surface area contributed by atoms with Crippen LogP contribution in [0.4, 0.5) is 18.9 Å². The van der Waals surface area contributed by atoms with Gasteiger partial charge in [0.15, 0.2) is 13.1 Å². The number of carbonyl (C=O) groups excluding carboxylic acids is 2. The van der Waals surface area contributed by atoms with E-state index in [1.807, 2.05) is 4.90 Å². The van der Waals surface area contributed by atoms with Gasteiger partial charge in [0, 0.05) is 18.8 Å². The third-order valence-electron chi connectivity index (χ3n) is 4.00. The molecule has 1 fully saturated rings. The number of nitrogens with one attached hydrogen (secondary N) is 2. The molecule has 26 heavy (non-hydrogen) atoms. The lowest BCUT2D eigenvalue weighted by Gasteiger charge is -2.27. The van der Waals surface area contributed by atoms with Crippen LogP contribution >= 0.6 is 0 Å². The fourth-order valence-electron chi connectivity index (χ4n) is 2.79. The van der Waals surface area contributed by atoms with Crippen molar-refractivity contribution >= 4 is 17.5 Å². The third kappa shape index (κ3) is 6.91. The normalized spacial score (nSPS) is 16.1. The number of hydrogen-bond acceptors (Lipinski definition) is 3. The summed E-state index contributed by atoms with van der Waals surface area (Å²) in [4.78, 5) is 26.8. The molecule has 1 aromatic rings. The Hall–Kier alpha value is -2.29. The fraction of sp³-hybridized carbons (Fsp3) is 0.529. The number of likely N-dealkylation sites (tertiary alicyclic amines) is 1. The van der Waals surface area contributed by atoms with Crippen LogP contribution in [0.2, 0.25) is 0 Å². The number of benzene rings is 1. The van der Waals surface area contributed by atoms with Crippen LogP contribution in [-0.2, 0) is 9.59 Å². The number of likely N-dealkylation sites (N-methyl/N-ethyl adjacent to an activating group) is 1. The van der Waals surface area contributed by atoms with Crippen molar-refractivity contribution in [2.75, 3.05) is 38.5 Å². The Bertz CT molecular complexity index is 614. The monoisotopic (exact) mass is 374 g/mol. The van der Waals surface area contributed by atoms with E-state index in [9.17, 15) is 22.8 Å². The highest BCUT2D eigenvalue weighted by Crippen LogP contribution is 2.23. The van der Waals surface area contributed by atoms with Crippen molar-refractivity contribution in [2.24, 2.45) is 0 Å². The minimum atomic E-state index is -4.75. The van der Waals surface area contributed by atoms with Gasteiger partial charge in [0.25, 0.3) is 11.8 Å². The molecule has 0 saturated carbocycles. The predicted molar refractivity (Wildman–Crippen MR) is 88.8 cm³/mol. The molecule has 6 nitrogen and oxygen atoms in total. The smallest absolute Gasteiger partial charge is 0.406 e. The molecule has 9 heteroatoms. The first-order chi connectivity index (χ1) is 12.2. The molecule has 2 amide bonds. The van der Waals surface area contributed by atoms with E-state index in [0.717, 1.165) is 49.4 Å². The minimum absolute atomic E-state index is 0.0312. The molecule has 0 aliphatic carbocycles. The highest BCUT2D eigenvalue weighted by atomic mass is 19.4. The Kier molecular flexibility index (Phi) is 6.84. The molecular weight excluding hydrogens is 351 g/mol. The van der Waals surface area contributed by atoms with Crippen molar-refractivity contribution in [1.29, 1.82) is 0 Å². The number of carbonyl (C=O) groups is 2. The van der Waals surface area contributed by atoms with Crippen LogP contribution in [0.1, 0.15) is 19.3 Å². The van der Waals surface area contributed by atoms with Gasteiger partial charge in [-0.1, -0.05) is 0 Å². The van der Waals surface area contributed by atoms with Crippen molar-refractivity contribution in [2.45, 2.75) is 25.6 Å². The molecule has 2 rings (SSSR count). The van der Waals surface area contributed by atoms with E-state index in [1.165, 1.54) is 12.1 Å². The van der Waals surface area contributed by atoms with E-state index >= 15 is 0 Å². The summed E-state index contributed by atoms with van der Waals surface area (Å²) in [7, 11) is 1.75. The Balaban J connectivity index is 1.77. The van der Waals surface area contributed by atoms with Gasteiger partial charge in [0.05, 0.1) is 7.05 Å². The second-order valence-corrected chi connectivity index (χ2v) is 6.37. The van der Waals surface area contributed by atoms with Crippen molar-refractivity contribution in [3.63, 3.8) is 0 Å². The second-order valence-electron chi connectivity index (χ2n) is 6.37. The van der Waals surface area contributed by atoms with Gasteiger partial charge in [-0.3, -0.25) is 9.59 Å². The number of hydrogen-bond donors (Lipinski definition) is 2. The number of ether oxygens (including phenoxy) is 1. The zero-order chi connectivity index (χ0) is 19.2. The van der Waals surface area contributed by atoms with E-state index in [1.54, 1.807) is 7.05 Å². The van der Waals surface area contributed by atoms with Crippen LogP contribution in [0.3, 0.4) is 0 Å². The number of amides is 2. The summed E-state index contributed by atoms with van der Waals surface area (Å²) in [6.45, 7) is 1.85. The number of piperidine rings is 1. The number of anilines is 1. The summed E-state index contributed by atoms with van der Waals surface area (Å²) in [6.07, 6.45) is -1.59. The van der Waals surface area contributed by atoms with Gasteiger partial charge in [-0.05, 0) is 43.5 Å². The largest absolute Gasteiger partial charge is 0.573 e. The molecule has 0 radical (unpaired) electrons. The lowest BCUT2D eigenvalue weighted by molar-refractivity contribution is -0.862. The molecule has 1 unspecified atom stereocenters. The third-order valence-corrected chi connectivity index (χ3v) is 4.00. The summed E-state index contributed by atoms with van der Waals surface area (Å²) in [6, 6.07) is 4.90. The average molecular weight is 374 g/mol. The number of halogens is 3. The SMILES string of the molecule is C[NH+](CC(=O)Nc1ccc(OC(F)(F)F)cc1)CC(=O)N1CCCCC1. The van der Waals surface area contributed by atoms with Gasteiger partial charge >= 0.3 is 6.36 Å². The molecule has 1 saturated heterocycles. The predicted octanol–water partition coefficient (Wildman–Crippen LogP) is 1.05. The number of quaternary nitrogens is 1. The molecule has 144 valence electrons. The van der Waals surface area contributed by atoms with Crippen molar-refractivity contribution in [3.8, 4) is 5.75 Å². The molecule has 1 aliphatic rings. The Morgan fingerprint density at radius 1 is 1.12 bits per heavy atom. The van der Waals surface area contributed by atoms with E-state index in [2.05, 4.69) is 10.1 Å². The van der Waals surface area contributed by atoms with E-state index < -0.39 is 6.36 Å². The standard InChI is InChI=1S/C17H22F3N3O3/c1-22(12-16(25)23-9-3-2-4-10-23)11-15(24)21-13-5-7-14(8-6-13)26-17(18,19)20/h5-8H,2-4,9-12H2,1H3,(H,21,24)/p+1. The van der Waals surface area contributed by atoms with Crippen LogP contribution in [0.5, 0.6) is 5.75 Å². The average Bonchev–Trinajstić information content (AvgIpc) is 2.56. The van der Waals surface area contributed by atoms with Crippen LogP contribution in [0, 0.1) is 0 Å². The van der Waals surface area contributed by atoms with Gasteiger partial charge in [-0.15, -0.1) is 13.2 Å². The Morgan fingerprint density at radius 3 is 2.31 bits per heavy atom. The van der Waals surface area contributed by atoms with Gasteiger partial charge in [-0.25, -0.2) is 0 Å². The van der Waals surface area contributed by atoms with Crippen molar-refractivity contribution in [3.05, 3.63) is 24.3 Å². The minimum Gasteiger partial charge on any atom is -0.406 e.